The molecule has 1 aliphatic rings. The Morgan fingerprint density at radius 2 is 1.72 bits per heavy atom. The van der Waals surface area contributed by atoms with Crippen molar-refractivity contribution >= 4 is 34.9 Å². The van der Waals surface area contributed by atoms with E-state index in [-0.39, 0.29) is 12.5 Å². The summed E-state index contributed by atoms with van der Waals surface area (Å²) in [5, 5.41) is 9.52. The van der Waals surface area contributed by atoms with Crippen molar-refractivity contribution in [3.8, 4) is 17.0 Å². The maximum absolute atomic E-state index is 12.5. The summed E-state index contributed by atoms with van der Waals surface area (Å²) in [4.78, 5) is 16.5. The highest BCUT2D eigenvalue weighted by atomic mass is 35.5. The maximum Gasteiger partial charge on any atom is 0.260 e. The van der Waals surface area contributed by atoms with E-state index in [9.17, 15) is 4.79 Å². The molecule has 1 amide bonds. The Kier molecular flexibility index (Phi) is 7.12. The number of aromatic nitrogens is 2. The molecular weight excluding hydrogens is 447 g/mol. The van der Waals surface area contributed by atoms with Crippen molar-refractivity contribution in [3.63, 3.8) is 0 Å². The number of nitrogens with zero attached hydrogens (tertiary/aromatic N) is 4. The van der Waals surface area contributed by atoms with Gasteiger partial charge in [-0.25, -0.2) is 0 Å². The molecule has 166 valence electrons. The minimum atomic E-state index is -0.0855. The molecule has 0 aliphatic carbocycles. The first-order valence-corrected chi connectivity index (χ1v) is 11.3. The van der Waals surface area contributed by atoms with E-state index in [0.717, 1.165) is 23.5 Å². The van der Waals surface area contributed by atoms with Crippen LogP contribution >= 0.6 is 23.2 Å². The van der Waals surface area contributed by atoms with Gasteiger partial charge in [0.05, 0.1) is 10.7 Å². The molecule has 1 saturated heterocycles. The normalized spacial score (nSPS) is 13.8. The quantitative estimate of drug-likeness (QED) is 0.520. The number of halogens is 2. The SMILES string of the molecule is CCc1ccc(-c2ccc(N3CCN(C(=O)COc4cccc(Cl)c4Cl)CC3)nn2)cc1. The van der Waals surface area contributed by atoms with Crippen LogP contribution in [0.2, 0.25) is 10.0 Å². The molecule has 0 unspecified atom stereocenters. The van der Waals surface area contributed by atoms with Gasteiger partial charge >= 0.3 is 0 Å². The van der Waals surface area contributed by atoms with Crippen LogP contribution in [0.1, 0.15) is 12.5 Å². The summed E-state index contributed by atoms with van der Waals surface area (Å²) in [7, 11) is 0. The molecular formula is C24H24Cl2N4O2. The average Bonchev–Trinajstić information content (AvgIpc) is 2.85. The molecule has 0 N–H and O–H groups in total. The highest BCUT2D eigenvalue weighted by Crippen LogP contribution is 2.31. The molecule has 0 bridgehead atoms. The number of carbonyl (C=O) groups excluding carboxylic acids is 1. The molecule has 1 aliphatic heterocycles. The van der Waals surface area contributed by atoms with Gasteiger partial charge in [0, 0.05) is 31.7 Å². The van der Waals surface area contributed by atoms with Gasteiger partial charge < -0.3 is 14.5 Å². The summed E-state index contributed by atoms with van der Waals surface area (Å²) in [6.45, 7) is 4.61. The molecule has 4 rings (SSSR count). The molecule has 0 spiro atoms. The van der Waals surface area contributed by atoms with Crippen LogP contribution in [0.4, 0.5) is 5.82 Å². The van der Waals surface area contributed by atoms with E-state index in [1.165, 1.54) is 5.56 Å². The van der Waals surface area contributed by atoms with Gasteiger partial charge in [0.1, 0.15) is 10.8 Å². The van der Waals surface area contributed by atoms with Gasteiger partial charge in [0.2, 0.25) is 0 Å². The topological polar surface area (TPSA) is 58.6 Å². The van der Waals surface area contributed by atoms with E-state index >= 15 is 0 Å². The van der Waals surface area contributed by atoms with Crippen molar-refractivity contribution < 1.29 is 9.53 Å². The molecule has 32 heavy (non-hydrogen) atoms. The number of rotatable bonds is 6. The zero-order valence-electron chi connectivity index (χ0n) is 17.8. The molecule has 2 aromatic carbocycles. The summed E-state index contributed by atoms with van der Waals surface area (Å²) in [6.07, 6.45) is 1.01. The number of benzene rings is 2. The molecule has 1 fully saturated rings. The summed E-state index contributed by atoms with van der Waals surface area (Å²) in [6, 6.07) is 17.5. The maximum atomic E-state index is 12.5. The van der Waals surface area contributed by atoms with Crippen LogP contribution in [0.3, 0.4) is 0 Å². The molecule has 8 heteroatoms. The lowest BCUT2D eigenvalue weighted by Crippen LogP contribution is -2.50. The summed E-state index contributed by atoms with van der Waals surface area (Å²) >= 11 is 12.1. The van der Waals surface area contributed by atoms with Gasteiger partial charge in [-0.2, -0.15) is 0 Å². The molecule has 0 atom stereocenters. The number of amides is 1. The largest absolute Gasteiger partial charge is 0.482 e. The first kappa shape index (κ1) is 22.4. The van der Waals surface area contributed by atoms with E-state index < -0.39 is 0 Å². The minimum Gasteiger partial charge on any atom is -0.482 e. The number of piperazine rings is 1. The highest BCUT2D eigenvalue weighted by Gasteiger charge is 2.23. The fourth-order valence-corrected chi connectivity index (χ4v) is 3.92. The van der Waals surface area contributed by atoms with E-state index in [1.54, 1.807) is 23.1 Å². The number of aryl methyl sites for hydroxylation is 1. The van der Waals surface area contributed by atoms with Crippen LogP contribution < -0.4 is 9.64 Å². The fourth-order valence-electron chi connectivity index (χ4n) is 3.57. The second kappa shape index (κ2) is 10.2. The van der Waals surface area contributed by atoms with Crippen LogP contribution in [0.15, 0.2) is 54.6 Å². The number of hydrogen-bond donors (Lipinski definition) is 0. The smallest absolute Gasteiger partial charge is 0.260 e. The zero-order valence-corrected chi connectivity index (χ0v) is 19.3. The predicted molar refractivity (Wildman–Crippen MR) is 128 cm³/mol. The predicted octanol–water partition coefficient (Wildman–Crippen LogP) is 4.74. The average molecular weight is 471 g/mol. The van der Waals surface area contributed by atoms with E-state index in [1.807, 2.05) is 12.1 Å². The third kappa shape index (κ3) is 5.14. The second-order valence-electron chi connectivity index (χ2n) is 7.54. The molecule has 1 aromatic heterocycles. The highest BCUT2D eigenvalue weighted by molar-refractivity contribution is 6.42. The third-order valence-electron chi connectivity index (χ3n) is 5.53. The van der Waals surface area contributed by atoms with Gasteiger partial charge in [-0.1, -0.05) is 60.5 Å². The van der Waals surface area contributed by atoms with Crippen molar-refractivity contribution in [1.29, 1.82) is 0 Å². The third-order valence-corrected chi connectivity index (χ3v) is 6.33. The van der Waals surface area contributed by atoms with Crippen molar-refractivity contribution in [1.82, 2.24) is 15.1 Å². The first-order chi connectivity index (χ1) is 15.5. The Morgan fingerprint density at radius 1 is 0.969 bits per heavy atom. The van der Waals surface area contributed by atoms with Crippen LogP contribution in [0, 0.1) is 0 Å². The first-order valence-electron chi connectivity index (χ1n) is 10.6. The van der Waals surface area contributed by atoms with Crippen molar-refractivity contribution in [2.24, 2.45) is 0 Å². The Bertz CT molecular complexity index is 1070. The lowest BCUT2D eigenvalue weighted by molar-refractivity contribution is -0.133. The number of hydrogen-bond acceptors (Lipinski definition) is 5. The van der Waals surface area contributed by atoms with Crippen LogP contribution in [0.25, 0.3) is 11.3 Å². The van der Waals surface area contributed by atoms with Crippen LogP contribution in [0.5, 0.6) is 5.75 Å². The monoisotopic (exact) mass is 470 g/mol. The van der Waals surface area contributed by atoms with Gasteiger partial charge in [-0.3, -0.25) is 4.79 Å². The molecule has 0 saturated carbocycles. The fraction of sp³-hybridized carbons (Fsp3) is 0.292. The molecule has 0 radical (unpaired) electrons. The lowest BCUT2D eigenvalue weighted by Gasteiger charge is -2.35. The Hall–Kier alpha value is -2.83. The Morgan fingerprint density at radius 3 is 2.38 bits per heavy atom. The number of carbonyl (C=O) groups is 1. The van der Waals surface area contributed by atoms with Gasteiger partial charge in [-0.05, 0) is 36.2 Å². The van der Waals surface area contributed by atoms with E-state index in [2.05, 4.69) is 46.3 Å². The van der Waals surface area contributed by atoms with Gasteiger partial charge in [0.15, 0.2) is 12.4 Å². The lowest BCUT2D eigenvalue weighted by atomic mass is 10.1. The van der Waals surface area contributed by atoms with Gasteiger partial charge in [-0.15, -0.1) is 10.2 Å². The van der Waals surface area contributed by atoms with E-state index in [0.29, 0.717) is 42.0 Å². The standard InChI is InChI=1S/C24H24Cl2N4O2/c1-2-17-6-8-18(9-7-17)20-10-11-22(28-27-20)29-12-14-30(15-13-29)23(31)16-32-21-5-3-4-19(25)24(21)26/h3-11H,2,12-16H2,1H3. The van der Waals surface area contributed by atoms with Crippen molar-refractivity contribution in [2.45, 2.75) is 13.3 Å². The van der Waals surface area contributed by atoms with Crippen LogP contribution in [-0.2, 0) is 11.2 Å². The molecule has 3 aromatic rings. The van der Waals surface area contributed by atoms with Crippen molar-refractivity contribution in [3.05, 3.63) is 70.2 Å². The van der Waals surface area contributed by atoms with Gasteiger partial charge in [0.25, 0.3) is 5.91 Å². The number of anilines is 1. The second-order valence-corrected chi connectivity index (χ2v) is 8.32. The number of ether oxygens (including phenoxy) is 1. The minimum absolute atomic E-state index is 0.0780. The summed E-state index contributed by atoms with van der Waals surface area (Å²) in [5.74, 6) is 1.14. The Labute approximate surface area is 197 Å². The van der Waals surface area contributed by atoms with Crippen molar-refractivity contribution in [2.75, 3.05) is 37.7 Å². The Balaban J connectivity index is 1.30. The summed E-state index contributed by atoms with van der Waals surface area (Å²) < 4.78 is 5.57. The van der Waals surface area contributed by atoms with E-state index in [4.69, 9.17) is 27.9 Å². The van der Waals surface area contributed by atoms with Crippen LogP contribution in [-0.4, -0.2) is 53.8 Å². The zero-order chi connectivity index (χ0) is 22.5. The summed E-state index contributed by atoms with van der Waals surface area (Å²) in [5.41, 5.74) is 3.20. The molecule has 2 heterocycles. The molecule has 6 nitrogen and oxygen atoms in total.